The van der Waals surface area contributed by atoms with Gasteiger partial charge in [-0.05, 0) is 35.7 Å². The topological polar surface area (TPSA) is 83.0 Å². The first-order chi connectivity index (χ1) is 8.96. The Morgan fingerprint density at radius 1 is 1.53 bits per heavy atom. The van der Waals surface area contributed by atoms with Gasteiger partial charge in [-0.3, -0.25) is 0 Å². The molecule has 0 aliphatic heterocycles. The molecule has 0 unspecified atom stereocenters. The molecular formula is C12H13BrN4O2. The number of hydrogen-bond acceptors (Lipinski definition) is 5. The first-order valence-electron chi connectivity index (χ1n) is 5.89. The Morgan fingerprint density at radius 3 is 2.79 bits per heavy atom. The van der Waals surface area contributed by atoms with Gasteiger partial charge in [0.05, 0.1) is 12.5 Å². The van der Waals surface area contributed by atoms with Crippen LogP contribution in [-0.4, -0.2) is 27.6 Å². The predicted octanol–water partition coefficient (Wildman–Crippen LogP) is 2.07. The third-order valence-corrected chi connectivity index (χ3v) is 4.15. The summed E-state index contributed by atoms with van der Waals surface area (Å²) < 4.78 is 7.54. The highest BCUT2D eigenvalue weighted by Gasteiger charge is 2.41. The van der Waals surface area contributed by atoms with E-state index in [0.29, 0.717) is 5.65 Å². The van der Waals surface area contributed by atoms with E-state index >= 15 is 0 Å². The molecule has 2 aromatic rings. The molecule has 6 nitrogen and oxygen atoms in total. The number of methoxy groups -OCH3 is 1. The number of ether oxygens (including phenoxy) is 1. The lowest BCUT2D eigenvalue weighted by Crippen LogP contribution is -2.14. The number of carbonyl (C=O) groups is 1. The second-order valence-corrected chi connectivity index (χ2v) is 5.82. The van der Waals surface area contributed by atoms with E-state index in [2.05, 4.69) is 42.1 Å². The van der Waals surface area contributed by atoms with Crippen LogP contribution >= 0.6 is 15.9 Å². The van der Waals surface area contributed by atoms with Crippen LogP contribution in [0.4, 0.5) is 5.82 Å². The van der Waals surface area contributed by atoms with E-state index in [1.807, 2.05) is 6.20 Å². The number of anilines is 1. The van der Waals surface area contributed by atoms with Crippen molar-refractivity contribution >= 4 is 38.8 Å². The SMILES string of the molecule is COC(=O)c1nc(N)c2c(Br)cn(C3(C)CC3)c2n1. The van der Waals surface area contributed by atoms with E-state index in [1.54, 1.807) is 0 Å². The molecule has 1 aliphatic rings. The molecule has 2 heterocycles. The van der Waals surface area contributed by atoms with Gasteiger partial charge in [0.25, 0.3) is 0 Å². The highest BCUT2D eigenvalue weighted by Crippen LogP contribution is 2.46. The Kier molecular flexibility index (Phi) is 2.57. The molecule has 2 aromatic heterocycles. The number of esters is 1. The standard InChI is InChI=1S/C12H13BrN4O2/c1-12(3-4-12)17-5-6(13)7-8(14)15-9(11(18)19-2)16-10(7)17/h5H,3-4H2,1-2H3,(H2,14,15,16). The summed E-state index contributed by atoms with van der Waals surface area (Å²) in [6, 6.07) is 0. The van der Waals surface area contributed by atoms with Crippen LogP contribution in [0.15, 0.2) is 10.7 Å². The minimum absolute atomic E-state index is 0.0106. The first-order valence-corrected chi connectivity index (χ1v) is 6.68. The molecule has 100 valence electrons. The lowest BCUT2D eigenvalue weighted by Gasteiger charge is -2.12. The maximum absolute atomic E-state index is 11.6. The van der Waals surface area contributed by atoms with Gasteiger partial charge in [-0.25, -0.2) is 14.8 Å². The number of nitrogens with two attached hydrogens (primary N) is 1. The number of fused-ring (bicyclic) bond motifs is 1. The lowest BCUT2D eigenvalue weighted by molar-refractivity contribution is 0.0587. The third-order valence-electron chi connectivity index (χ3n) is 3.55. The normalized spacial score (nSPS) is 16.6. The van der Waals surface area contributed by atoms with E-state index in [0.717, 1.165) is 22.7 Å². The van der Waals surface area contributed by atoms with Gasteiger partial charge in [-0.2, -0.15) is 0 Å². The average Bonchev–Trinajstić information content (AvgIpc) is 3.02. The second-order valence-electron chi connectivity index (χ2n) is 4.97. The summed E-state index contributed by atoms with van der Waals surface area (Å²) in [6.07, 6.45) is 4.12. The van der Waals surface area contributed by atoms with Crippen LogP contribution in [0.25, 0.3) is 11.0 Å². The van der Waals surface area contributed by atoms with Crippen LogP contribution in [0.1, 0.15) is 30.4 Å². The summed E-state index contributed by atoms with van der Waals surface area (Å²) in [6.45, 7) is 2.15. The van der Waals surface area contributed by atoms with E-state index in [-0.39, 0.29) is 17.2 Å². The van der Waals surface area contributed by atoms with Crippen molar-refractivity contribution < 1.29 is 9.53 Å². The fraction of sp³-hybridized carbons (Fsp3) is 0.417. The summed E-state index contributed by atoms with van der Waals surface area (Å²) in [5.74, 6) is -0.317. The van der Waals surface area contributed by atoms with E-state index in [9.17, 15) is 4.79 Å². The molecule has 7 heteroatoms. The first kappa shape index (κ1) is 12.4. The summed E-state index contributed by atoms with van der Waals surface area (Å²) in [5.41, 5.74) is 6.65. The number of nitrogen functional groups attached to an aromatic ring is 1. The molecule has 0 amide bonds. The molecule has 0 atom stereocenters. The van der Waals surface area contributed by atoms with Gasteiger partial charge in [0.1, 0.15) is 11.5 Å². The average molecular weight is 325 g/mol. The highest BCUT2D eigenvalue weighted by molar-refractivity contribution is 9.10. The molecule has 0 radical (unpaired) electrons. The fourth-order valence-electron chi connectivity index (χ4n) is 2.12. The monoisotopic (exact) mass is 324 g/mol. The molecule has 0 saturated heterocycles. The molecule has 2 N–H and O–H groups in total. The van der Waals surface area contributed by atoms with Crippen molar-refractivity contribution in [2.75, 3.05) is 12.8 Å². The number of aromatic nitrogens is 3. The molecule has 1 saturated carbocycles. The summed E-state index contributed by atoms with van der Waals surface area (Å²) in [7, 11) is 1.29. The van der Waals surface area contributed by atoms with Gasteiger partial charge in [-0.15, -0.1) is 0 Å². The number of rotatable bonds is 2. The molecule has 3 rings (SSSR count). The molecule has 0 spiro atoms. The lowest BCUT2D eigenvalue weighted by atomic mass is 10.3. The van der Waals surface area contributed by atoms with Crippen LogP contribution in [0.3, 0.4) is 0 Å². The Hall–Kier alpha value is -1.63. The third kappa shape index (κ3) is 1.80. The zero-order valence-corrected chi connectivity index (χ0v) is 12.2. The van der Waals surface area contributed by atoms with Crippen LogP contribution in [0.5, 0.6) is 0 Å². The number of halogens is 1. The molecular weight excluding hydrogens is 312 g/mol. The van der Waals surface area contributed by atoms with Crippen molar-refractivity contribution in [3.8, 4) is 0 Å². The summed E-state index contributed by atoms with van der Waals surface area (Å²) in [4.78, 5) is 19.9. The Bertz CT molecular complexity index is 691. The largest absolute Gasteiger partial charge is 0.463 e. The van der Waals surface area contributed by atoms with Gasteiger partial charge in [-0.1, -0.05) is 0 Å². The maximum Gasteiger partial charge on any atom is 0.376 e. The zero-order chi connectivity index (χ0) is 13.8. The van der Waals surface area contributed by atoms with Crippen molar-refractivity contribution in [3.05, 3.63) is 16.5 Å². The molecule has 0 bridgehead atoms. The zero-order valence-electron chi connectivity index (χ0n) is 10.6. The van der Waals surface area contributed by atoms with Crippen LogP contribution in [0, 0.1) is 0 Å². The van der Waals surface area contributed by atoms with Crippen molar-refractivity contribution in [3.63, 3.8) is 0 Å². The number of hydrogen-bond donors (Lipinski definition) is 1. The predicted molar refractivity (Wildman–Crippen MR) is 73.9 cm³/mol. The number of nitrogens with zero attached hydrogens (tertiary/aromatic N) is 3. The van der Waals surface area contributed by atoms with Gasteiger partial charge in [0.15, 0.2) is 0 Å². The minimum atomic E-state index is -0.585. The molecule has 19 heavy (non-hydrogen) atoms. The van der Waals surface area contributed by atoms with Gasteiger partial charge < -0.3 is 15.0 Å². The molecule has 0 aromatic carbocycles. The number of carbonyl (C=O) groups excluding carboxylic acids is 1. The van der Waals surface area contributed by atoms with Gasteiger partial charge in [0, 0.05) is 16.2 Å². The minimum Gasteiger partial charge on any atom is -0.463 e. The second kappa shape index (κ2) is 3.93. The van der Waals surface area contributed by atoms with Crippen molar-refractivity contribution in [2.24, 2.45) is 0 Å². The Labute approximate surface area is 118 Å². The Balaban J connectivity index is 2.29. The quantitative estimate of drug-likeness (QED) is 0.855. The van der Waals surface area contributed by atoms with E-state index in [4.69, 9.17) is 5.73 Å². The Morgan fingerprint density at radius 2 is 2.21 bits per heavy atom. The van der Waals surface area contributed by atoms with Gasteiger partial charge >= 0.3 is 5.97 Å². The van der Waals surface area contributed by atoms with Crippen LogP contribution < -0.4 is 5.73 Å². The molecule has 1 fully saturated rings. The van der Waals surface area contributed by atoms with Crippen molar-refractivity contribution in [1.82, 2.24) is 14.5 Å². The van der Waals surface area contributed by atoms with Crippen LogP contribution in [-0.2, 0) is 10.3 Å². The highest BCUT2D eigenvalue weighted by atomic mass is 79.9. The van der Waals surface area contributed by atoms with Crippen molar-refractivity contribution in [1.29, 1.82) is 0 Å². The summed E-state index contributed by atoms with van der Waals surface area (Å²) in [5, 5.41) is 0.737. The van der Waals surface area contributed by atoms with Gasteiger partial charge in [0.2, 0.25) is 5.82 Å². The fourth-order valence-corrected chi connectivity index (χ4v) is 2.71. The summed E-state index contributed by atoms with van der Waals surface area (Å²) >= 11 is 3.47. The maximum atomic E-state index is 11.6. The van der Waals surface area contributed by atoms with Crippen LogP contribution in [0.2, 0.25) is 0 Å². The van der Waals surface area contributed by atoms with E-state index < -0.39 is 5.97 Å². The smallest absolute Gasteiger partial charge is 0.376 e. The van der Waals surface area contributed by atoms with E-state index in [1.165, 1.54) is 7.11 Å². The molecule has 1 aliphatic carbocycles. The van der Waals surface area contributed by atoms with Crippen molar-refractivity contribution in [2.45, 2.75) is 25.3 Å².